The molecule has 0 radical (unpaired) electrons. The Balaban J connectivity index is 0.000000370. The molecular formula is C25H38O4. The van der Waals surface area contributed by atoms with Crippen molar-refractivity contribution < 1.29 is 19.4 Å². The smallest absolute Gasteiger partial charge is 0.332 e. The van der Waals surface area contributed by atoms with Crippen LogP contribution in [0.5, 0.6) is 0 Å². The summed E-state index contributed by atoms with van der Waals surface area (Å²) < 4.78 is 4.27. The summed E-state index contributed by atoms with van der Waals surface area (Å²) in [5.41, 5.74) is 3.12. The van der Waals surface area contributed by atoms with E-state index in [4.69, 9.17) is 0 Å². The van der Waals surface area contributed by atoms with Crippen LogP contribution in [0, 0.1) is 28.6 Å². The molecule has 3 aliphatic carbocycles. The summed E-state index contributed by atoms with van der Waals surface area (Å²) in [6, 6.07) is 0. The van der Waals surface area contributed by atoms with Gasteiger partial charge in [0.25, 0.3) is 0 Å². The molecule has 4 atom stereocenters. The van der Waals surface area contributed by atoms with Crippen molar-refractivity contribution in [2.24, 2.45) is 28.6 Å². The van der Waals surface area contributed by atoms with E-state index in [0.717, 1.165) is 19.3 Å². The molecule has 162 valence electrons. The zero-order chi connectivity index (χ0) is 22.0. The Hall–Kier alpha value is -1.84. The van der Waals surface area contributed by atoms with Crippen molar-refractivity contribution in [1.29, 1.82) is 0 Å². The second kappa shape index (κ2) is 8.89. The van der Waals surface area contributed by atoms with E-state index >= 15 is 0 Å². The third-order valence-corrected chi connectivity index (χ3v) is 7.60. The van der Waals surface area contributed by atoms with Crippen LogP contribution < -0.4 is 0 Å². The van der Waals surface area contributed by atoms with Crippen molar-refractivity contribution in [3.8, 4) is 0 Å². The van der Waals surface area contributed by atoms with Gasteiger partial charge < -0.3 is 9.84 Å². The first kappa shape index (κ1) is 23.4. The summed E-state index contributed by atoms with van der Waals surface area (Å²) in [4.78, 5) is 22.1. The molecule has 1 fully saturated rings. The number of aliphatic carboxylic acids is 1. The first-order valence-corrected chi connectivity index (χ1v) is 10.8. The number of rotatable bonds is 3. The molecule has 0 heterocycles. The minimum atomic E-state index is -0.588. The van der Waals surface area contributed by atoms with Gasteiger partial charge in [-0.15, -0.1) is 0 Å². The lowest BCUT2D eigenvalue weighted by molar-refractivity contribution is -0.162. The maximum absolute atomic E-state index is 11.9. The fourth-order valence-corrected chi connectivity index (χ4v) is 5.77. The number of carbonyl (C=O) groups excluding carboxylic acids is 1. The van der Waals surface area contributed by atoms with Gasteiger partial charge >= 0.3 is 11.9 Å². The number of allylic oxidation sites excluding steroid dienone is 4. The van der Waals surface area contributed by atoms with E-state index in [2.05, 4.69) is 44.2 Å². The van der Waals surface area contributed by atoms with E-state index in [0.29, 0.717) is 17.4 Å². The minimum Gasteiger partial charge on any atom is -0.481 e. The lowest BCUT2D eigenvalue weighted by Gasteiger charge is -2.57. The molecule has 0 aromatic carbocycles. The monoisotopic (exact) mass is 402 g/mol. The van der Waals surface area contributed by atoms with Gasteiger partial charge in [-0.25, -0.2) is 4.79 Å². The van der Waals surface area contributed by atoms with Gasteiger partial charge in [0.1, 0.15) is 0 Å². The molecular weight excluding hydrogens is 364 g/mol. The molecule has 1 N–H and O–H groups in total. The third-order valence-electron chi connectivity index (χ3n) is 7.60. The van der Waals surface area contributed by atoms with Crippen LogP contribution in [0.4, 0.5) is 0 Å². The fourth-order valence-electron chi connectivity index (χ4n) is 5.77. The molecule has 0 unspecified atom stereocenters. The average Bonchev–Trinajstić information content (AvgIpc) is 2.67. The number of carboxylic acid groups (broad SMARTS) is 1. The van der Waals surface area contributed by atoms with Crippen LogP contribution >= 0.6 is 0 Å². The van der Waals surface area contributed by atoms with E-state index in [1.807, 2.05) is 6.92 Å². The van der Waals surface area contributed by atoms with Crippen LogP contribution in [0.15, 0.2) is 35.5 Å². The van der Waals surface area contributed by atoms with Crippen LogP contribution in [0.3, 0.4) is 0 Å². The standard InChI is InChI=1S/C20H30O2.C5H8O2/c1-13(2)14-6-8-16-15(12-14)7-9-17-19(16,3)10-5-11-20(17,4)18(21)22;1-4(2)5(6)7-3/h7,12-13,16-17H,5-6,8-11H2,1-4H3,(H,21,22);1H2,2-3H3/t16-,17+,19+,20+;/m0./s1. The van der Waals surface area contributed by atoms with Gasteiger partial charge in [-0.2, -0.15) is 0 Å². The lowest BCUT2D eigenvalue weighted by Crippen LogP contribution is -2.53. The Kier molecular flexibility index (Phi) is 7.19. The highest BCUT2D eigenvalue weighted by molar-refractivity contribution is 5.86. The average molecular weight is 403 g/mol. The first-order chi connectivity index (χ1) is 13.5. The first-order valence-electron chi connectivity index (χ1n) is 10.8. The Labute approximate surface area is 176 Å². The number of ether oxygens (including phenoxy) is 1. The van der Waals surface area contributed by atoms with Gasteiger partial charge in [-0.05, 0) is 74.7 Å². The largest absolute Gasteiger partial charge is 0.481 e. The predicted octanol–water partition coefficient (Wildman–Crippen LogP) is 5.94. The SMILES string of the molecule is C=C(C)C(=O)OC.CC(C)C1=CC2=CC[C@@H]3[C@](C)(CCC[C@@]3(C)C(=O)O)[C@H]2CC1. The van der Waals surface area contributed by atoms with E-state index in [9.17, 15) is 14.7 Å². The second-order valence-corrected chi connectivity index (χ2v) is 9.81. The van der Waals surface area contributed by atoms with Crippen molar-refractivity contribution in [2.75, 3.05) is 7.11 Å². The highest BCUT2D eigenvalue weighted by Crippen LogP contribution is 2.62. The van der Waals surface area contributed by atoms with E-state index in [-0.39, 0.29) is 17.3 Å². The van der Waals surface area contributed by atoms with Crippen molar-refractivity contribution in [1.82, 2.24) is 0 Å². The van der Waals surface area contributed by atoms with E-state index < -0.39 is 11.4 Å². The summed E-state index contributed by atoms with van der Waals surface area (Å²) in [5, 5.41) is 9.83. The van der Waals surface area contributed by atoms with Crippen LogP contribution in [-0.4, -0.2) is 24.2 Å². The van der Waals surface area contributed by atoms with Crippen molar-refractivity contribution in [3.05, 3.63) is 35.5 Å². The molecule has 0 aromatic heterocycles. The Morgan fingerprint density at radius 3 is 2.41 bits per heavy atom. The van der Waals surface area contributed by atoms with E-state index in [1.165, 1.54) is 31.9 Å². The van der Waals surface area contributed by atoms with Crippen LogP contribution in [-0.2, 0) is 14.3 Å². The topological polar surface area (TPSA) is 63.6 Å². The summed E-state index contributed by atoms with van der Waals surface area (Å²) >= 11 is 0. The van der Waals surface area contributed by atoms with Gasteiger partial charge in [-0.3, -0.25) is 4.79 Å². The van der Waals surface area contributed by atoms with Gasteiger partial charge in [0.2, 0.25) is 0 Å². The quantitative estimate of drug-likeness (QED) is 0.468. The predicted molar refractivity (Wildman–Crippen MR) is 116 cm³/mol. The molecule has 1 saturated carbocycles. The van der Waals surface area contributed by atoms with Gasteiger partial charge in [0.15, 0.2) is 0 Å². The number of esters is 1. The molecule has 0 saturated heterocycles. The summed E-state index contributed by atoms with van der Waals surface area (Å²) in [6.07, 6.45) is 11.2. The Morgan fingerprint density at radius 2 is 1.93 bits per heavy atom. The molecule has 0 amide bonds. The molecule has 3 aliphatic rings. The second-order valence-electron chi connectivity index (χ2n) is 9.81. The zero-order valence-corrected chi connectivity index (χ0v) is 19.0. The summed E-state index contributed by atoms with van der Waals surface area (Å²) in [5.74, 6) is 0.541. The Bertz CT molecular complexity index is 729. The summed E-state index contributed by atoms with van der Waals surface area (Å²) in [6.45, 7) is 13.9. The minimum absolute atomic E-state index is 0.161. The maximum atomic E-state index is 11.9. The van der Waals surface area contributed by atoms with Crippen molar-refractivity contribution in [2.45, 2.75) is 73.1 Å². The molecule has 4 heteroatoms. The van der Waals surface area contributed by atoms with Gasteiger partial charge in [-0.1, -0.05) is 51.5 Å². The molecule has 0 aliphatic heterocycles. The fraction of sp³-hybridized carbons (Fsp3) is 0.680. The highest BCUT2D eigenvalue weighted by Gasteiger charge is 2.57. The molecule has 3 rings (SSSR count). The molecule has 4 nitrogen and oxygen atoms in total. The normalized spacial score (nSPS) is 33.2. The third kappa shape index (κ3) is 4.51. The van der Waals surface area contributed by atoms with Crippen molar-refractivity contribution >= 4 is 11.9 Å². The number of hydrogen-bond acceptors (Lipinski definition) is 3. The Morgan fingerprint density at radius 1 is 1.28 bits per heavy atom. The van der Waals surface area contributed by atoms with Crippen LogP contribution in [0.1, 0.15) is 73.1 Å². The van der Waals surface area contributed by atoms with E-state index in [1.54, 1.807) is 12.5 Å². The number of methoxy groups -OCH3 is 1. The number of carbonyl (C=O) groups is 2. The van der Waals surface area contributed by atoms with Crippen LogP contribution in [0.25, 0.3) is 0 Å². The van der Waals surface area contributed by atoms with Crippen molar-refractivity contribution in [3.63, 3.8) is 0 Å². The van der Waals surface area contributed by atoms with Gasteiger partial charge in [0, 0.05) is 5.57 Å². The highest BCUT2D eigenvalue weighted by atomic mass is 16.5. The zero-order valence-electron chi connectivity index (χ0n) is 19.0. The lowest BCUT2D eigenvalue weighted by atomic mass is 9.47. The maximum Gasteiger partial charge on any atom is 0.332 e. The number of hydrogen-bond donors (Lipinski definition) is 1. The van der Waals surface area contributed by atoms with Gasteiger partial charge in [0.05, 0.1) is 12.5 Å². The molecule has 0 aromatic rings. The molecule has 29 heavy (non-hydrogen) atoms. The number of carboxylic acids is 1. The number of fused-ring (bicyclic) bond motifs is 3. The molecule has 0 bridgehead atoms. The molecule has 0 spiro atoms. The van der Waals surface area contributed by atoms with Crippen LogP contribution in [0.2, 0.25) is 0 Å². The summed E-state index contributed by atoms with van der Waals surface area (Å²) in [7, 11) is 1.33.